The molecule has 3 nitrogen and oxygen atoms in total. The van der Waals surface area contributed by atoms with Crippen LogP contribution < -0.4 is 10.1 Å². The topological polar surface area (TPSA) is 38.3 Å². The smallest absolute Gasteiger partial charge is 0.183 e. The van der Waals surface area contributed by atoms with Gasteiger partial charge in [-0.05, 0) is 26.0 Å². The van der Waals surface area contributed by atoms with Gasteiger partial charge in [-0.1, -0.05) is 26.0 Å². The minimum Gasteiger partial charge on any atom is -0.493 e. The predicted octanol–water partition coefficient (Wildman–Crippen LogP) is 2.65. The summed E-state index contributed by atoms with van der Waals surface area (Å²) in [6, 6.07) is 7.47. The Hall–Kier alpha value is -1.35. The number of Topliss-reactive ketones (excluding diaryl/α,β-unsaturated/α-hetero) is 1. The molecule has 1 aromatic rings. The molecule has 17 heavy (non-hydrogen) atoms. The first-order valence-electron chi connectivity index (χ1n) is 6.08. The van der Waals surface area contributed by atoms with E-state index in [0.29, 0.717) is 17.9 Å². The predicted molar refractivity (Wildman–Crippen MR) is 69.7 cm³/mol. The lowest BCUT2D eigenvalue weighted by atomic mass is 10.0. The van der Waals surface area contributed by atoms with Gasteiger partial charge >= 0.3 is 0 Å². The number of para-hydroxylation sites is 1. The summed E-state index contributed by atoms with van der Waals surface area (Å²) in [5.74, 6) is 0.736. The molecule has 0 aliphatic carbocycles. The fourth-order valence-electron chi connectivity index (χ4n) is 1.76. The second-order valence-electron chi connectivity index (χ2n) is 4.34. The number of benzene rings is 1. The molecule has 0 aliphatic rings. The fraction of sp³-hybridized carbons (Fsp3) is 0.500. The van der Waals surface area contributed by atoms with Gasteiger partial charge in [-0.25, -0.2) is 0 Å². The third kappa shape index (κ3) is 3.86. The van der Waals surface area contributed by atoms with Gasteiger partial charge in [-0.2, -0.15) is 0 Å². The largest absolute Gasteiger partial charge is 0.493 e. The number of ketones is 1. The highest BCUT2D eigenvalue weighted by atomic mass is 16.5. The first kappa shape index (κ1) is 13.7. The average Bonchev–Trinajstić information content (AvgIpc) is 2.28. The Labute approximate surface area is 103 Å². The normalized spacial score (nSPS) is 12.5. The maximum Gasteiger partial charge on any atom is 0.183 e. The van der Waals surface area contributed by atoms with Crippen molar-refractivity contribution in [1.82, 2.24) is 5.32 Å². The average molecular weight is 235 g/mol. The van der Waals surface area contributed by atoms with E-state index in [1.165, 1.54) is 0 Å². The second-order valence-corrected chi connectivity index (χ2v) is 4.34. The van der Waals surface area contributed by atoms with E-state index in [1.807, 2.05) is 52.0 Å². The van der Waals surface area contributed by atoms with Crippen LogP contribution in [0.2, 0.25) is 0 Å². The van der Waals surface area contributed by atoms with Crippen molar-refractivity contribution in [3.63, 3.8) is 0 Å². The number of carbonyl (C=O) groups excluding carboxylic acids is 1. The van der Waals surface area contributed by atoms with E-state index in [1.54, 1.807) is 0 Å². The van der Waals surface area contributed by atoms with Crippen molar-refractivity contribution < 1.29 is 9.53 Å². The van der Waals surface area contributed by atoms with Crippen LogP contribution in [0.1, 0.15) is 38.1 Å². The number of hydrogen-bond donors (Lipinski definition) is 1. The lowest BCUT2D eigenvalue weighted by molar-refractivity contribution is 0.0943. The summed E-state index contributed by atoms with van der Waals surface area (Å²) in [7, 11) is 0. The van der Waals surface area contributed by atoms with Crippen molar-refractivity contribution in [3.05, 3.63) is 29.8 Å². The zero-order valence-electron chi connectivity index (χ0n) is 11.0. The van der Waals surface area contributed by atoms with E-state index in [0.717, 1.165) is 0 Å². The van der Waals surface area contributed by atoms with Crippen LogP contribution in [0, 0.1) is 0 Å². The molecule has 1 N–H and O–H groups in total. The summed E-state index contributed by atoms with van der Waals surface area (Å²) >= 11 is 0. The molecule has 0 saturated heterocycles. The second kappa shape index (κ2) is 6.40. The Bertz CT molecular complexity index is 374. The van der Waals surface area contributed by atoms with Crippen molar-refractivity contribution in [3.8, 4) is 5.75 Å². The number of carbonyl (C=O) groups is 1. The van der Waals surface area contributed by atoms with Crippen LogP contribution >= 0.6 is 0 Å². The van der Waals surface area contributed by atoms with Crippen LogP contribution in [0.4, 0.5) is 0 Å². The standard InChI is InChI=1S/C14H21NO2/c1-5-17-13-9-7-6-8-12(13)14(16)11(4)15-10(2)3/h6-11,15H,5H2,1-4H3. The van der Waals surface area contributed by atoms with Gasteiger partial charge < -0.3 is 10.1 Å². The van der Waals surface area contributed by atoms with Crippen molar-refractivity contribution in [2.45, 2.75) is 39.8 Å². The SMILES string of the molecule is CCOc1ccccc1C(=O)C(C)NC(C)C. The molecule has 0 heterocycles. The zero-order valence-corrected chi connectivity index (χ0v) is 11.0. The lowest BCUT2D eigenvalue weighted by Crippen LogP contribution is -2.38. The Morgan fingerprint density at radius 3 is 2.53 bits per heavy atom. The van der Waals surface area contributed by atoms with Gasteiger partial charge in [0.15, 0.2) is 5.78 Å². The summed E-state index contributed by atoms with van der Waals surface area (Å²) in [6.45, 7) is 8.41. The monoisotopic (exact) mass is 235 g/mol. The Balaban J connectivity index is 2.87. The molecule has 0 fully saturated rings. The van der Waals surface area contributed by atoms with E-state index in [2.05, 4.69) is 5.32 Å². The molecular formula is C14H21NO2. The first-order valence-corrected chi connectivity index (χ1v) is 6.08. The number of ether oxygens (including phenoxy) is 1. The van der Waals surface area contributed by atoms with Gasteiger partial charge in [-0.3, -0.25) is 4.79 Å². The van der Waals surface area contributed by atoms with E-state index in [-0.39, 0.29) is 17.9 Å². The Morgan fingerprint density at radius 2 is 1.94 bits per heavy atom. The van der Waals surface area contributed by atoms with Gasteiger partial charge in [0.2, 0.25) is 0 Å². The molecule has 0 saturated carbocycles. The molecular weight excluding hydrogens is 214 g/mol. The van der Waals surface area contributed by atoms with E-state index in [4.69, 9.17) is 4.74 Å². The summed E-state index contributed by atoms with van der Waals surface area (Å²) in [5, 5.41) is 3.21. The van der Waals surface area contributed by atoms with E-state index < -0.39 is 0 Å². The summed E-state index contributed by atoms with van der Waals surface area (Å²) in [5.41, 5.74) is 0.648. The minimum atomic E-state index is -0.198. The number of rotatable bonds is 6. The van der Waals surface area contributed by atoms with Gasteiger partial charge in [0, 0.05) is 6.04 Å². The molecule has 1 aromatic carbocycles. The maximum atomic E-state index is 12.2. The molecule has 0 spiro atoms. The highest BCUT2D eigenvalue weighted by Gasteiger charge is 2.18. The first-order chi connectivity index (χ1) is 8.06. The molecule has 94 valence electrons. The van der Waals surface area contributed by atoms with Crippen LogP contribution in [0.25, 0.3) is 0 Å². The number of hydrogen-bond acceptors (Lipinski definition) is 3. The van der Waals surface area contributed by atoms with E-state index >= 15 is 0 Å². The van der Waals surface area contributed by atoms with E-state index in [9.17, 15) is 4.79 Å². The van der Waals surface area contributed by atoms with Crippen molar-refractivity contribution >= 4 is 5.78 Å². The van der Waals surface area contributed by atoms with Crippen LogP contribution in [0.15, 0.2) is 24.3 Å². The van der Waals surface area contributed by atoms with Gasteiger partial charge in [0.1, 0.15) is 5.75 Å². The summed E-state index contributed by atoms with van der Waals surface area (Å²) in [6.07, 6.45) is 0. The molecule has 0 bridgehead atoms. The van der Waals surface area contributed by atoms with Crippen molar-refractivity contribution in [2.75, 3.05) is 6.61 Å². The zero-order chi connectivity index (χ0) is 12.8. The lowest BCUT2D eigenvalue weighted by Gasteiger charge is -2.17. The molecule has 0 amide bonds. The van der Waals surface area contributed by atoms with Gasteiger partial charge in [0.25, 0.3) is 0 Å². The quantitative estimate of drug-likeness (QED) is 0.770. The Morgan fingerprint density at radius 1 is 1.29 bits per heavy atom. The highest BCUT2D eigenvalue weighted by Crippen LogP contribution is 2.19. The fourth-order valence-corrected chi connectivity index (χ4v) is 1.76. The van der Waals surface area contributed by atoms with Crippen LogP contribution in [0.5, 0.6) is 5.75 Å². The molecule has 0 aliphatic heterocycles. The van der Waals surface area contributed by atoms with Crippen molar-refractivity contribution in [2.24, 2.45) is 0 Å². The summed E-state index contributed by atoms with van der Waals surface area (Å²) in [4.78, 5) is 12.2. The van der Waals surface area contributed by atoms with Crippen LogP contribution in [-0.4, -0.2) is 24.5 Å². The molecule has 1 rings (SSSR count). The van der Waals surface area contributed by atoms with Gasteiger partial charge in [-0.15, -0.1) is 0 Å². The van der Waals surface area contributed by atoms with Crippen LogP contribution in [-0.2, 0) is 0 Å². The highest BCUT2D eigenvalue weighted by molar-refractivity contribution is 6.02. The third-order valence-electron chi connectivity index (χ3n) is 2.43. The third-order valence-corrected chi connectivity index (χ3v) is 2.43. The van der Waals surface area contributed by atoms with Crippen LogP contribution in [0.3, 0.4) is 0 Å². The number of nitrogens with one attached hydrogen (secondary N) is 1. The summed E-state index contributed by atoms with van der Waals surface area (Å²) < 4.78 is 5.46. The van der Waals surface area contributed by atoms with Crippen molar-refractivity contribution in [1.29, 1.82) is 0 Å². The minimum absolute atomic E-state index is 0.0720. The molecule has 1 unspecified atom stereocenters. The molecule has 0 aromatic heterocycles. The maximum absolute atomic E-state index is 12.2. The molecule has 3 heteroatoms. The molecule has 1 atom stereocenters. The van der Waals surface area contributed by atoms with Gasteiger partial charge in [0.05, 0.1) is 18.2 Å². The molecule has 0 radical (unpaired) electrons. The Kier molecular flexibility index (Phi) is 5.16.